The Morgan fingerprint density at radius 2 is 1.89 bits per heavy atom. The van der Waals surface area contributed by atoms with Gasteiger partial charge in [-0.05, 0) is 29.8 Å². The number of hydrogen-bond acceptors (Lipinski definition) is 2. The second-order valence-corrected chi connectivity index (χ2v) is 4.45. The highest BCUT2D eigenvalue weighted by Gasteiger charge is 2.01. The first-order valence-electron chi connectivity index (χ1n) is 5.58. The first-order valence-corrected chi connectivity index (χ1v) is 5.95. The van der Waals surface area contributed by atoms with E-state index in [2.05, 4.69) is 5.32 Å². The van der Waals surface area contributed by atoms with Gasteiger partial charge in [0.2, 0.25) is 0 Å². The van der Waals surface area contributed by atoms with Gasteiger partial charge >= 0.3 is 0 Å². The summed E-state index contributed by atoms with van der Waals surface area (Å²) < 4.78 is 13.1. The number of benzene rings is 2. The van der Waals surface area contributed by atoms with Crippen molar-refractivity contribution in [3.8, 4) is 5.75 Å². The highest BCUT2D eigenvalue weighted by molar-refractivity contribution is 6.30. The largest absolute Gasteiger partial charge is 0.508 e. The molecule has 4 heteroatoms. The van der Waals surface area contributed by atoms with Gasteiger partial charge in [0.15, 0.2) is 0 Å². The van der Waals surface area contributed by atoms with Crippen LogP contribution in [0.3, 0.4) is 0 Å². The molecule has 0 heterocycles. The van der Waals surface area contributed by atoms with Gasteiger partial charge in [-0.15, -0.1) is 0 Å². The minimum Gasteiger partial charge on any atom is -0.508 e. The van der Waals surface area contributed by atoms with Crippen LogP contribution in [-0.2, 0) is 13.1 Å². The van der Waals surface area contributed by atoms with E-state index < -0.39 is 0 Å². The summed E-state index contributed by atoms with van der Waals surface area (Å²) in [5.41, 5.74) is 1.58. The van der Waals surface area contributed by atoms with E-state index >= 15 is 0 Å². The molecule has 0 saturated carbocycles. The third kappa shape index (κ3) is 3.45. The van der Waals surface area contributed by atoms with Crippen LogP contribution in [-0.4, -0.2) is 5.11 Å². The standard InChI is InChI=1S/C14H13ClFNO/c15-12-5-10(6-13(16)7-12)8-17-9-11-3-1-2-4-14(11)18/h1-7,17-18H,8-9H2. The zero-order valence-corrected chi connectivity index (χ0v) is 10.4. The summed E-state index contributed by atoms with van der Waals surface area (Å²) >= 11 is 5.76. The van der Waals surface area contributed by atoms with E-state index in [-0.39, 0.29) is 11.6 Å². The average Bonchev–Trinajstić information content (AvgIpc) is 2.30. The van der Waals surface area contributed by atoms with Gasteiger partial charge in [0.1, 0.15) is 11.6 Å². The van der Waals surface area contributed by atoms with Crippen molar-refractivity contribution in [2.45, 2.75) is 13.1 Å². The number of phenols is 1. The number of para-hydroxylation sites is 1. The molecule has 18 heavy (non-hydrogen) atoms. The van der Waals surface area contributed by atoms with Gasteiger partial charge < -0.3 is 10.4 Å². The van der Waals surface area contributed by atoms with E-state index in [1.807, 2.05) is 12.1 Å². The van der Waals surface area contributed by atoms with E-state index in [1.54, 1.807) is 18.2 Å². The fourth-order valence-electron chi connectivity index (χ4n) is 1.71. The van der Waals surface area contributed by atoms with Crippen molar-refractivity contribution in [1.82, 2.24) is 5.32 Å². The van der Waals surface area contributed by atoms with Crippen LogP contribution in [0, 0.1) is 5.82 Å². The Hall–Kier alpha value is -1.58. The molecule has 0 unspecified atom stereocenters. The molecule has 2 aromatic rings. The molecule has 0 saturated heterocycles. The minimum absolute atomic E-state index is 0.252. The van der Waals surface area contributed by atoms with E-state index in [0.29, 0.717) is 18.1 Å². The molecule has 0 aliphatic carbocycles. The first-order chi connectivity index (χ1) is 8.65. The van der Waals surface area contributed by atoms with Crippen molar-refractivity contribution < 1.29 is 9.50 Å². The van der Waals surface area contributed by atoms with E-state index in [9.17, 15) is 9.50 Å². The Morgan fingerprint density at radius 3 is 2.61 bits per heavy atom. The predicted octanol–water partition coefficient (Wildman–Crippen LogP) is 3.47. The highest BCUT2D eigenvalue weighted by Crippen LogP contribution is 2.16. The molecule has 0 aliphatic rings. The zero-order chi connectivity index (χ0) is 13.0. The number of phenolic OH excluding ortho intramolecular Hbond substituents is 1. The normalized spacial score (nSPS) is 10.6. The Bertz CT molecular complexity index is 525. The Morgan fingerprint density at radius 1 is 1.11 bits per heavy atom. The van der Waals surface area contributed by atoms with Crippen LogP contribution in [0.1, 0.15) is 11.1 Å². The van der Waals surface area contributed by atoms with E-state index in [1.165, 1.54) is 12.1 Å². The second-order valence-electron chi connectivity index (χ2n) is 4.01. The van der Waals surface area contributed by atoms with Gasteiger partial charge in [-0.1, -0.05) is 29.8 Å². The van der Waals surface area contributed by atoms with Crippen LogP contribution in [0.2, 0.25) is 5.02 Å². The van der Waals surface area contributed by atoms with Crippen molar-refractivity contribution in [3.63, 3.8) is 0 Å². The summed E-state index contributed by atoms with van der Waals surface area (Å²) in [4.78, 5) is 0. The summed E-state index contributed by atoms with van der Waals surface area (Å²) in [6, 6.07) is 11.5. The van der Waals surface area contributed by atoms with Crippen molar-refractivity contribution in [1.29, 1.82) is 0 Å². The molecule has 2 N–H and O–H groups in total. The van der Waals surface area contributed by atoms with Crippen LogP contribution in [0.5, 0.6) is 5.75 Å². The molecule has 2 nitrogen and oxygen atoms in total. The molecule has 0 aliphatic heterocycles. The topological polar surface area (TPSA) is 32.3 Å². The van der Waals surface area contributed by atoms with Gasteiger partial charge in [-0.3, -0.25) is 0 Å². The molecule has 0 amide bonds. The predicted molar refractivity (Wildman–Crippen MR) is 70.1 cm³/mol. The maximum atomic E-state index is 13.1. The lowest BCUT2D eigenvalue weighted by molar-refractivity contribution is 0.464. The van der Waals surface area contributed by atoms with Crippen LogP contribution < -0.4 is 5.32 Å². The summed E-state index contributed by atoms with van der Waals surface area (Å²) in [6.45, 7) is 1.01. The van der Waals surface area contributed by atoms with E-state index in [0.717, 1.165) is 11.1 Å². The SMILES string of the molecule is Oc1ccccc1CNCc1cc(F)cc(Cl)c1. The number of hydrogen-bond donors (Lipinski definition) is 2. The number of aromatic hydroxyl groups is 1. The summed E-state index contributed by atoms with van der Waals surface area (Å²) in [7, 11) is 0. The zero-order valence-electron chi connectivity index (χ0n) is 9.66. The second kappa shape index (κ2) is 5.85. The number of rotatable bonds is 4. The number of nitrogens with one attached hydrogen (secondary N) is 1. The van der Waals surface area contributed by atoms with Crippen LogP contribution in [0.25, 0.3) is 0 Å². The van der Waals surface area contributed by atoms with Gasteiger partial charge in [0, 0.05) is 23.7 Å². The maximum Gasteiger partial charge on any atom is 0.125 e. The molecule has 0 radical (unpaired) electrons. The third-order valence-electron chi connectivity index (χ3n) is 2.56. The fraction of sp³-hybridized carbons (Fsp3) is 0.143. The lowest BCUT2D eigenvalue weighted by atomic mass is 10.2. The molecular weight excluding hydrogens is 253 g/mol. The van der Waals surface area contributed by atoms with Crippen molar-refractivity contribution in [3.05, 3.63) is 64.4 Å². The maximum absolute atomic E-state index is 13.1. The summed E-state index contributed by atoms with van der Waals surface area (Å²) in [6.07, 6.45) is 0. The molecule has 94 valence electrons. The van der Waals surface area contributed by atoms with Crippen LogP contribution in [0.15, 0.2) is 42.5 Å². The molecule has 0 spiro atoms. The third-order valence-corrected chi connectivity index (χ3v) is 2.78. The van der Waals surface area contributed by atoms with Gasteiger partial charge in [0.25, 0.3) is 0 Å². The molecular formula is C14H13ClFNO. The minimum atomic E-state index is -0.346. The Labute approximate surface area is 110 Å². The van der Waals surface area contributed by atoms with Crippen molar-refractivity contribution in [2.24, 2.45) is 0 Å². The quantitative estimate of drug-likeness (QED) is 0.887. The lowest BCUT2D eigenvalue weighted by Crippen LogP contribution is -2.12. The van der Waals surface area contributed by atoms with Crippen LogP contribution >= 0.6 is 11.6 Å². The summed E-state index contributed by atoms with van der Waals surface area (Å²) in [5, 5.41) is 13.1. The van der Waals surface area contributed by atoms with Crippen molar-refractivity contribution >= 4 is 11.6 Å². The molecule has 2 aromatic carbocycles. The van der Waals surface area contributed by atoms with Crippen LogP contribution in [0.4, 0.5) is 4.39 Å². The average molecular weight is 266 g/mol. The molecule has 0 atom stereocenters. The molecule has 0 aromatic heterocycles. The molecule has 0 bridgehead atoms. The molecule has 2 rings (SSSR count). The van der Waals surface area contributed by atoms with Gasteiger partial charge in [-0.25, -0.2) is 4.39 Å². The Kier molecular flexibility index (Phi) is 4.18. The molecule has 0 fully saturated rings. The highest BCUT2D eigenvalue weighted by atomic mass is 35.5. The van der Waals surface area contributed by atoms with Crippen molar-refractivity contribution in [2.75, 3.05) is 0 Å². The lowest BCUT2D eigenvalue weighted by Gasteiger charge is -2.07. The Balaban J connectivity index is 1.94. The summed E-state index contributed by atoms with van der Waals surface area (Å²) in [5.74, 6) is -0.0934. The monoisotopic (exact) mass is 265 g/mol. The number of halogens is 2. The van der Waals surface area contributed by atoms with Gasteiger partial charge in [-0.2, -0.15) is 0 Å². The van der Waals surface area contributed by atoms with Gasteiger partial charge in [0.05, 0.1) is 0 Å². The smallest absolute Gasteiger partial charge is 0.125 e. The fourth-order valence-corrected chi connectivity index (χ4v) is 1.96. The first kappa shape index (κ1) is 12.9. The van der Waals surface area contributed by atoms with E-state index in [4.69, 9.17) is 11.6 Å².